The average Bonchev–Trinajstić information content (AvgIpc) is 3.50. The van der Waals surface area contributed by atoms with E-state index in [4.69, 9.17) is 4.74 Å². The van der Waals surface area contributed by atoms with Crippen molar-refractivity contribution in [3.05, 3.63) is 74.9 Å². The summed E-state index contributed by atoms with van der Waals surface area (Å²) in [5.41, 5.74) is 1.64. The predicted molar refractivity (Wildman–Crippen MR) is 156 cm³/mol. The van der Waals surface area contributed by atoms with E-state index >= 15 is 0 Å². The Morgan fingerprint density at radius 1 is 0.933 bits per heavy atom. The topological polar surface area (TPSA) is 66.8 Å². The van der Waals surface area contributed by atoms with Gasteiger partial charge in [0.15, 0.2) is 0 Å². The summed E-state index contributed by atoms with van der Waals surface area (Å²) in [5.74, 6) is -3.64. The van der Waals surface area contributed by atoms with Crippen LogP contribution >= 0.6 is 0 Å². The molecule has 2 fully saturated rings. The number of aryl methyl sites for hydroxylation is 2. The maximum absolute atomic E-state index is 13.7. The van der Waals surface area contributed by atoms with E-state index in [0.717, 1.165) is 39.8 Å². The lowest BCUT2D eigenvalue weighted by atomic mass is 9.69. The third-order valence-electron chi connectivity index (χ3n) is 9.33. The quantitative estimate of drug-likeness (QED) is 0.188. The van der Waals surface area contributed by atoms with Crippen molar-refractivity contribution in [1.29, 1.82) is 0 Å². The molecule has 0 radical (unpaired) electrons. The van der Waals surface area contributed by atoms with Crippen LogP contribution in [0.4, 0.5) is 32.0 Å². The standard InChI is InChI=1S/C34H35F6NO4/c1-5-19(11-20-9-17(3)30(42)18(4)10-20)7-8-27-28-21(6-2)12-25-29(26(28)16-45-27)32(44)41(31(25)43)24-14-22(33(35,36)37)13-23(15-24)34(38,39)40/h9-11,13-15,25-27,29,42H,5-8,12,16H2,1-4H3/b19-11+/t25-,26+,27-,29-/m1/s1. The van der Waals surface area contributed by atoms with Crippen LogP contribution in [0.2, 0.25) is 0 Å². The maximum Gasteiger partial charge on any atom is 0.416 e. The Kier molecular flexibility index (Phi) is 8.72. The Labute approximate surface area is 257 Å². The van der Waals surface area contributed by atoms with Crippen molar-refractivity contribution in [2.24, 2.45) is 17.8 Å². The third kappa shape index (κ3) is 6.15. The van der Waals surface area contributed by atoms with Gasteiger partial charge in [0.1, 0.15) is 5.75 Å². The van der Waals surface area contributed by atoms with E-state index in [1.807, 2.05) is 39.8 Å². The highest BCUT2D eigenvalue weighted by Crippen LogP contribution is 2.52. The van der Waals surface area contributed by atoms with Crippen LogP contribution in [0.3, 0.4) is 0 Å². The summed E-state index contributed by atoms with van der Waals surface area (Å²) >= 11 is 0. The molecule has 2 aromatic rings. The van der Waals surface area contributed by atoms with Crippen LogP contribution in [0, 0.1) is 31.6 Å². The van der Waals surface area contributed by atoms with Gasteiger partial charge in [-0.15, -0.1) is 0 Å². The van der Waals surface area contributed by atoms with E-state index in [2.05, 4.69) is 6.08 Å². The van der Waals surface area contributed by atoms with E-state index in [1.165, 1.54) is 0 Å². The van der Waals surface area contributed by atoms with Crippen molar-refractivity contribution in [3.8, 4) is 5.75 Å². The van der Waals surface area contributed by atoms with Crippen LogP contribution < -0.4 is 4.90 Å². The number of carbonyl (C=O) groups is 2. The first kappa shape index (κ1) is 32.8. The summed E-state index contributed by atoms with van der Waals surface area (Å²) in [5, 5.41) is 10.1. The zero-order chi connectivity index (χ0) is 33.0. The highest BCUT2D eigenvalue weighted by molar-refractivity contribution is 6.22. The summed E-state index contributed by atoms with van der Waals surface area (Å²) in [4.78, 5) is 27.8. The molecule has 2 saturated heterocycles. The molecule has 242 valence electrons. The van der Waals surface area contributed by atoms with Gasteiger partial charge in [-0.05, 0) is 98.5 Å². The van der Waals surface area contributed by atoms with Crippen molar-refractivity contribution < 1.29 is 45.8 Å². The number of allylic oxidation sites excluding steroid dienone is 2. The Morgan fingerprint density at radius 3 is 2.07 bits per heavy atom. The number of carbonyl (C=O) groups excluding carboxylic acids is 2. The van der Waals surface area contributed by atoms with E-state index in [-0.39, 0.29) is 30.9 Å². The van der Waals surface area contributed by atoms with Gasteiger partial charge in [-0.25, -0.2) is 4.90 Å². The van der Waals surface area contributed by atoms with Gasteiger partial charge >= 0.3 is 12.4 Å². The highest BCUT2D eigenvalue weighted by atomic mass is 19.4. The molecule has 2 amide bonds. The number of phenolic OH excluding ortho intramolecular Hbond substituents is 1. The zero-order valence-electron chi connectivity index (χ0n) is 25.4. The minimum Gasteiger partial charge on any atom is -0.507 e. The molecule has 11 heteroatoms. The van der Waals surface area contributed by atoms with Gasteiger partial charge < -0.3 is 9.84 Å². The van der Waals surface area contributed by atoms with Crippen molar-refractivity contribution >= 4 is 23.6 Å². The fourth-order valence-electron chi connectivity index (χ4n) is 7.11. The smallest absolute Gasteiger partial charge is 0.416 e. The third-order valence-corrected chi connectivity index (χ3v) is 9.33. The molecule has 2 aliphatic heterocycles. The first-order valence-corrected chi connectivity index (χ1v) is 15.0. The number of nitrogens with zero attached hydrogens (tertiary/aromatic N) is 1. The van der Waals surface area contributed by atoms with Crippen LogP contribution in [-0.4, -0.2) is 29.6 Å². The first-order chi connectivity index (χ1) is 21.0. The molecule has 3 aliphatic rings. The van der Waals surface area contributed by atoms with Crippen LogP contribution in [-0.2, 0) is 26.7 Å². The lowest BCUT2D eigenvalue weighted by Crippen LogP contribution is -2.34. The molecule has 0 unspecified atom stereocenters. The number of aromatic hydroxyl groups is 1. The summed E-state index contributed by atoms with van der Waals surface area (Å²) in [6.45, 7) is 7.77. The molecule has 0 saturated carbocycles. The molecule has 2 aromatic carbocycles. The predicted octanol–water partition coefficient (Wildman–Crippen LogP) is 8.55. The van der Waals surface area contributed by atoms with Gasteiger partial charge in [-0.2, -0.15) is 26.3 Å². The molecule has 45 heavy (non-hydrogen) atoms. The summed E-state index contributed by atoms with van der Waals surface area (Å²) in [6.07, 6.45) is -5.64. The number of rotatable bonds is 7. The van der Waals surface area contributed by atoms with E-state index in [9.17, 15) is 41.0 Å². The van der Waals surface area contributed by atoms with Gasteiger partial charge in [-0.1, -0.05) is 31.1 Å². The number of benzene rings is 2. The molecule has 1 aliphatic carbocycles. The largest absolute Gasteiger partial charge is 0.507 e. The second-order valence-electron chi connectivity index (χ2n) is 12.2. The number of anilines is 1. The Balaban J connectivity index is 1.41. The molecule has 5 rings (SSSR count). The second-order valence-corrected chi connectivity index (χ2v) is 12.2. The number of hydrogen-bond donors (Lipinski definition) is 1. The SMILES string of the molecule is CCC1=C2[C@@H](CC/C(=C/c3cc(C)c(O)c(C)c3)CC)OC[C@@H]2[C@@H]2C(=O)N(c3cc(C(F)(F)F)cc(C(F)(F)F)c3)C(=O)[C@@H]2C1. The van der Waals surface area contributed by atoms with Gasteiger partial charge in [0.05, 0.1) is 41.4 Å². The fourth-order valence-corrected chi connectivity index (χ4v) is 7.11. The molecule has 1 N–H and O–H groups in total. The number of phenols is 1. The second kappa shape index (κ2) is 12.0. The monoisotopic (exact) mass is 635 g/mol. The van der Waals surface area contributed by atoms with Gasteiger partial charge in [0, 0.05) is 5.92 Å². The van der Waals surface area contributed by atoms with Crippen molar-refractivity contribution in [2.45, 2.75) is 78.3 Å². The molecule has 4 atom stereocenters. The van der Waals surface area contributed by atoms with Crippen LogP contribution in [0.15, 0.2) is 47.1 Å². The summed E-state index contributed by atoms with van der Waals surface area (Å²) in [6, 6.07) is 4.67. The highest BCUT2D eigenvalue weighted by Gasteiger charge is 2.57. The normalized spacial score (nSPS) is 24.0. The lowest BCUT2D eigenvalue weighted by molar-refractivity contribution is -0.143. The summed E-state index contributed by atoms with van der Waals surface area (Å²) in [7, 11) is 0. The van der Waals surface area contributed by atoms with E-state index < -0.39 is 58.7 Å². The number of halogens is 6. The number of fused-ring (bicyclic) bond motifs is 3. The maximum atomic E-state index is 13.7. The molecule has 5 nitrogen and oxygen atoms in total. The average molecular weight is 636 g/mol. The van der Waals surface area contributed by atoms with Crippen molar-refractivity contribution in [3.63, 3.8) is 0 Å². The number of imide groups is 1. The van der Waals surface area contributed by atoms with E-state index in [1.54, 1.807) is 0 Å². The fraction of sp³-hybridized carbons (Fsp3) is 0.471. The van der Waals surface area contributed by atoms with E-state index in [0.29, 0.717) is 36.3 Å². The zero-order valence-corrected chi connectivity index (χ0v) is 25.4. The molecule has 0 spiro atoms. The minimum absolute atomic E-state index is 0.0190. The molecule has 0 aromatic heterocycles. The Bertz CT molecular complexity index is 1530. The van der Waals surface area contributed by atoms with Gasteiger partial charge in [0.2, 0.25) is 11.8 Å². The minimum atomic E-state index is -5.11. The first-order valence-electron chi connectivity index (χ1n) is 15.0. The van der Waals surface area contributed by atoms with Crippen LogP contribution in [0.5, 0.6) is 5.75 Å². The van der Waals surface area contributed by atoms with Gasteiger partial charge in [0.25, 0.3) is 0 Å². The molecular formula is C34H35F6NO4. The van der Waals surface area contributed by atoms with Crippen molar-refractivity contribution in [2.75, 3.05) is 11.5 Å². The summed E-state index contributed by atoms with van der Waals surface area (Å²) < 4.78 is 87.6. The number of alkyl halides is 6. The Morgan fingerprint density at radius 2 is 1.53 bits per heavy atom. The van der Waals surface area contributed by atoms with Crippen molar-refractivity contribution in [1.82, 2.24) is 0 Å². The Hall–Kier alpha value is -3.60. The lowest BCUT2D eigenvalue weighted by Gasteiger charge is -2.31. The molecule has 2 heterocycles. The number of hydrogen-bond acceptors (Lipinski definition) is 4. The number of amides is 2. The van der Waals surface area contributed by atoms with Gasteiger partial charge in [-0.3, -0.25) is 9.59 Å². The van der Waals surface area contributed by atoms with Crippen LogP contribution in [0.1, 0.15) is 73.8 Å². The molecule has 0 bridgehead atoms. The number of ether oxygens (including phenoxy) is 1. The molecular weight excluding hydrogens is 600 g/mol. The van der Waals surface area contributed by atoms with Crippen LogP contribution in [0.25, 0.3) is 6.08 Å².